The molecule has 0 saturated heterocycles. The molecule has 4 aromatic rings. The van der Waals surface area contributed by atoms with E-state index in [9.17, 15) is 18.0 Å². The second-order valence-corrected chi connectivity index (χ2v) is 11.1. The smallest absolute Gasteiger partial charge is 0.295 e. The maximum absolute atomic E-state index is 13.6. The van der Waals surface area contributed by atoms with Gasteiger partial charge in [0.1, 0.15) is 12.2 Å². The van der Waals surface area contributed by atoms with Crippen molar-refractivity contribution in [2.75, 3.05) is 16.2 Å². The van der Waals surface area contributed by atoms with Crippen LogP contribution < -0.4 is 15.2 Å². The summed E-state index contributed by atoms with van der Waals surface area (Å²) in [7, 11) is -2.53. The first kappa shape index (κ1) is 26.5. The minimum absolute atomic E-state index is 0.0238. The Bertz CT molecular complexity index is 1630. The van der Waals surface area contributed by atoms with Gasteiger partial charge in [0.2, 0.25) is 5.91 Å². The number of rotatable bonds is 7. The van der Waals surface area contributed by atoms with Crippen molar-refractivity contribution >= 4 is 50.5 Å². The van der Waals surface area contributed by atoms with Gasteiger partial charge in [0, 0.05) is 12.1 Å². The Morgan fingerprint density at radius 3 is 2.27 bits per heavy atom. The maximum atomic E-state index is 13.6. The third-order valence-electron chi connectivity index (χ3n) is 5.89. The summed E-state index contributed by atoms with van der Waals surface area (Å²) in [6, 6.07) is 19.5. The molecule has 4 rings (SSSR count). The third-order valence-corrected chi connectivity index (χ3v) is 8.22. The second-order valence-electron chi connectivity index (χ2n) is 8.41. The number of anilines is 2. The van der Waals surface area contributed by atoms with Gasteiger partial charge in [-0.15, -0.1) is 0 Å². The average Bonchev–Trinajstić information content (AvgIpc) is 3.07. The Morgan fingerprint density at radius 2 is 1.62 bits per heavy atom. The average molecular weight is 559 g/mol. The summed E-state index contributed by atoms with van der Waals surface area (Å²) in [5.74, 6) is -0.724. The van der Waals surface area contributed by atoms with Crippen molar-refractivity contribution in [2.45, 2.75) is 18.7 Å². The quantitative estimate of drug-likeness (QED) is 0.348. The topological polar surface area (TPSA) is 93.4 Å². The number of hydrogen-bond donors (Lipinski definition) is 1. The highest BCUT2D eigenvalue weighted by Gasteiger charge is 2.30. The van der Waals surface area contributed by atoms with Crippen LogP contribution in [0.2, 0.25) is 10.0 Å². The Hall–Kier alpha value is -3.53. The molecular weight excluding hydrogens is 535 g/mol. The highest BCUT2D eigenvalue weighted by atomic mass is 35.5. The van der Waals surface area contributed by atoms with Crippen LogP contribution in [-0.4, -0.2) is 30.2 Å². The lowest BCUT2D eigenvalue weighted by molar-refractivity contribution is -0.114. The minimum Gasteiger partial charge on any atom is -0.318 e. The van der Waals surface area contributed by atoms with Gasteiger partial charge < -0.3 is 5.32 Å². The summed E-state index contributed by atoms with van der Waals surface area (Å²) in [6.07, 6.45) is 0. The number of nitrogens with one attached hydrogen (secondary N) is 1. The lowest BCUT2D eigenvalue weighted by Gasteiger charge is -2.25. The van der Waals surface area contributed by atoms with Gasteiger partial charge in [0.25, 0.3) is 15.6 Å². The second kappa shape index (κ2) is 10.5. The summed E-state index contributed by atoms with van der Waals surface area (Å²) in [6.45, 7) is 2.88. The van der Waals surface area contributed by atoms with Gasteiger partial charge in [-0.1, -0.05) is 59.1 Å². The number of halogens is 2. The van der Waals surface area contributed by atoms with E-state index >= 15 is 0 Å². The predicted molar refractivity (Wildman–Crippen MR) is 147 cm³/mol. The van der Waals surface area contributed by atoms with Crippen molar-refractivity contribution in [3.63, 3.8) is 0 Å². The van der Waals surface area contributed by atoms with Gasteiger partial charge in [-0.05, 0) is 56.3 Å². The molecule has 3 aromatic carbocycles. The molecule has 0 bridgehead atoms. The fraction of sp³-hybridized carbons (Fsp3) is 0.154. The van der Waals surface area contributed by atoms with E-state index < -0.39 is 28.0 Å². The first-order valence-electron chi connectivity index (χ1n) is 11.2. The van der Waals surface area contributed by atoms with E-state index in [0.717, 1.165) is 9.87 Å². The summed E-state index contributed by atoms with van der Waals surface area (Å²) >= 11 is 12.5. The third kappa shape index (κ3) is 5.29. The fourth-order valence-electron chi connectivity index (χ4n) is 3.84. The number of aromatic nitrogens is 2. The summed E-state index contributed by atoms with van der Waals surface area (Å²) in [5, 5.41) is 2.94. The van der Waals surface area contributed by atoms with E-state index in [0.29, 0.717) is 11.4 Å². The molecule has 192 valence electrons. The number of carbonyl (C=O) groups is 1. The molecule has 8 nitrogen and oxygen atoms in total. The van der Waals surface area contributed by atoms with E-state index in [1.165, 1.54) is 35.0 Å². The van der Waals surface area contributed by atoms with Crippen LogP contribution in [0.1, 0.15) is 11.3 Å². The molecule has 0 unspecified atom stereocenters. The summed E-state index contributed by atoms with van der Waals surface area (Å²) in [4.78, 5) is 26.4. The van der Waals surface area contributed by atoms with Gasteiger partial charge in [0.05, 0.1) is 27.0 Å². The number of amides is 1. The van der Waals surface area contributed by atoms with Crippen LogP contribution >= 0.6 is 23.2 Å². The van der Waals surface area contributed by atoms with Crippen LogP contribution in [0.15, 0.2) is 82.5 Å². The van der Waals surface area contributed by atoms with Gasteiger partial charge in [0.15, 0.2) is 0 Å². The molecule has 1 heterocycles. The molecule has 11 heteroatoms. The van der Waals surface area contributed by atoms with Crippen molar-refractivity contribution in [1.82, 2.24) is 9.36 Å². The molecule has 0 aliphatic heterocycles. The van der Waals surface area contributed by atoms with Gasteiger partial charge in [-0.3, -0.25) is 18.6 Å². The Balaban J connectivity index is 1.73. The van der Waals surface area contributed by atoms with Crippen LogP contribution in [0, 0.1) is 13.8 Å². The van der Waals surface area contributed by atoms with Crippen LogP contribution in [0.5, 0.6) is 0 Å². The Morgan fingerprint density at radius 1 is 0.973 bits per heavy atom. The molecule has 0 atom stereocenters. The van der Waals surface area contributed by atoms with Crippen LogP contribution in [0.3, 0.4) is 0 Å². The first-order valence-corrected chi connectivity index (χ1v) is 13.4. The number of para-hydroxylation sites is 1. The molecule has 0 aliphatic rings. The molecule has 0 spiro atoms. The molecule has 1 amide bonds. The highest BCUT2D eigenvalue weighted by Crippen LogP contribution is 2.33. The number of sulfonamides is 1. The molecule has 0 saturated carbocycles. The largest absolute Gasteiger partial charge is 0.318 e. The lowest BCUT2D eigenvalue weighted by Crippen LogP contribution is -2.39. The zero-order chi connectivity index (χ0) is 26.9. The van der Waals surface area contributed by atoms with E-state index in [4.69, 9.17) is 23.2 Å². The van der Waals surface area contributed by atoms with Crippen LogP contribution in [-0.2, 0) is 21.9 Å². The maximum Gasteiger partial charge on any atom is 0.295 e. The molecule has 0 radical (unpaired) electrons. The predicted octanol–water partition coefficient (Wildman–Crippen LogP) is 4.93. The SMILES string of the molecule is Cc1ccc(S(=O)(=O)N(CC(=O)Nc2c(C)n(C)n(-c3ccccc3)c2=O)c2cc(Cl)ccc2Cl)cc1. The highest BCUT2D eigenvalue weighted by molar-refractivity contribution is 7.92. The van der Waals surface area contributed by atoms with E-state index in [-0.39, 0.29) is 26.3 Å². The van der Waals surface area contributed by atoms with Crippen molar-refractivity contribution in [1.29, 1.82) is 0 Å². The Kier molecular flexibility index (Phi) is 7.49. The fourth-order valence-corrected chi connectivity index (χ4v) is 5.70. The Labute approximate surface area is 224 Å². The lowest BCUT2D eigenvalue weighted by atomic mass is 10.2. The number of nitrogens with zero attached hydrogens (tertiary/aromatic N) is 3. The molecule has 0 fully saturated rings. The zero-order valence-electron chi connectivity index (χ0n) is 20.3. The molecule has 37 heavy (non-hydrogen) atoms. The number of benzene rings is 3. The standard InChI is InChI=1S/C26H24Cl2N4O4S/c1-17-9-12-21(13-10-17)37(35,36)31(23-15-19(27)11-14-22(23)28)16-24(33)29-25-18(2)30(3)32(26(25)34)20-7-5-4-6-8-20/h4-15H,16H2,1-3H3,(H,29,33). The van der Waals surface area contributed by atoms with Crippen LogP contribution in [0.4, 0.5) is 11.4 Å². The molecule has 0 aliphatic carbocycles. The molecule has 1 N–H and O–H groups in total. The zero-order valence-corrected chi connectivity index (χ0v) is 22.6. The number of carbonyl (C=O) groups excluding carboxylic acids is 1. The van der Waals surface area contributed by atoms with E-state index in [1.807, 2.05) is 13.0 Å². The summed E-state index contributed by atoms with van der Waals surface area (Å²) in [5.41, 5.74) is 1.62. The van der Waals surface area contributed by atoms with Crippen molar-refractivity contribution in [3.8, 4) is 5.69 Å². The minimum atomic E-state index is -4.22. The van der Waals surface area contributed by atoms with Gasteiger partial charge in [-0.25, -0.2) is 13.1 Å². The van der Waals surface area contributed by atoms with Crippen molar-refractivity contribution in [3.05, 3.63) is 104 Å². The first-order chi connectivity index (χ1) is 17.5. The van der Waals surface area contributed by atoms with E-state index in [1.54, 1.807) is 55.1 Å². The molecular formula is C26H24Cl2N4O4S. The van der Waals surface area contributed by atoms with E-state index in [2.05, 4.69) is 5.32 Å². The molecule has 1 aromatic heterocycles. The monoisotopic (exact) mass is 558 g/mol. The number of hydrogen-bond acceptors (Lipinski definition) is 4. The van der Waals surface area contributed by atoms with Crippen LogP contribution in [0.25, 0.3) is 5.69 Å². The normalized spacial score (nSPS) is 11.4. The van der Waals surface area contributed by atoms with Gasteiger partial charge in [-0.2, -0.15) is 0 Å². The van der Waals surface area contributed by atoms with Crippen molar-refractivity contribution < 1.29 is 13.2 Å². The van der Waals surface area contributed by atoms with Crippen molar-refractivity contribution in [2.24, 2.45) is 7.05 Å². The number of aryl methyl sites for hydroxylation is 1. The van der Waals surface area contributed by atoms with Gasteiger partial charge >= 0.3 is 0 Å². The summed E-state index contributed by atoms with van der Waals surface area (Å²) < 4.78 is 31.2.